The summed E-state index contributed by atoms with van der Waals surface area (Å²) in [4.78, 5) is 5.05. The Balaban J connectivity index is 2.13. The van der Waals surface area contributed by atoms with Crippen molar-refractivity contribution in [1.29, 1.82) is 0 Å². The molecule has 0 amide bonds. The fourth-order valence-corrected chi connectivity index (χ4v) is 5.18. The van der Waals surface area contributed by atoms with Crippen molar-refractivity contribution < 1.29 is 13.5 Å². The maximum atomic E-state index is 12.3. The number of phenolic OH excluding ortho intramolecular Hbond substituents is 1. The van der Waals surface area contributed by atoms with E-state index in [9.17, 15) is 13.5 Å². The second kappa shape index (κ2) is 8.44. The molecule has 5 nitrogen and oxygen atoms in total. The lowest BCUT2D eigenvalue weighted by Gasteiger charge is -2.14. The molecule has 0 aliphatic rings. The Labute approximate surface area is 177 Å². The number of benzene rings is 2. The highest BCUT2D eigenvalue weighted by Crippen LogP contribution is 2.42. The number of fused-ring (bicyclic) bond motifs is 1. The molecule has 3 aromatic rings. The van der Waals surface area contributed by atoms with Crippen LogP contribution < -0.4 is 14.6 Å². The lowest BCUT2D eigenvalue weighted by Crippen LogP contribution is -2.18. The highest BCUT2D eigenvalue weighted by molar-refractivity contribution is 8.01. The van der Waals surface area contributed by atoms with Crippen LogP contribution in [0.15, 0.2) is 63.2 Å². The van der Waals surface area contributed by atoms with Gasteiger partial charge in [0.15, 0.2) is 4.34 Å². The van der Waals surface area contributed by atoms with Crippen LogP contribution in [0.5, 0.6) is 5.75 Å². The van der Waals surface area contributed by atoms with Crippen molar-refractivity contribution in [2.45, 2.75) is 23.1 Å². The minimum atomic E-state index is -3.73. The van der Waals surface area contributed by atoms with Gasteiger partial charge in [0.05, 0.1) is 20.8 Å². The molecule has 150 valence electrons. The predicted octanol–water partition coefficient (Wildman–Crippen LogP) is 4.20. The average Bonchev–Trinajstić information content (AvgIpc) is 3.02. The van der Waals surface area contributed by atoms with Gasteiger partial charge in [-0.2, -0.15) is 0 Å². The minimum Gasteiger partial charge on any atom is -0.506 e. The lowest BCUT2D eigenvalue weighted by molar-refractivity contribution is 0.469. The first kappa shape index (κ1) is 21.2. The standard InChI is InChI=1S/C21H20N2O3S3/c1-5-6-11-17-14(4)27-21(22-17)28-19-12-18(23-29(25,26)13(2)3)15-9-7-8-10-16(15)20(19)24/h5-12,23-24H,2,4H2,1,3H3/b6-5-,17-11+. The van der Waals surface area contributed by atoms with E-state index >= 15 is 0 Å². The molecular weight excluding hydrogens is 424 g/mol. The Morgan fingerprint density at radius 3 is 2.66 bits per heavy atom. The second-order valence-corrected chi connectivity index (χ2v) is 10.5. The molecule has 0 radical (unpaired) electrons. The number of aromatic hydroxyl groups is 1. The predicted molar refractivity (Wildman–Crippen MR) is 123 cm³/mol. The normalized spacial score (nSPS) is 12.7. The summed E-state index contributed by atoms with van der Waals surface area (Å²) in [6.07, 6.45) is 5.66. The van der Waals surface area contributed by atoms with E-state index in [1.807, 2.05) is 25.2 Å². The number of sulfonamides is 1. The van der Waals surface area contributed by atoms with Gasteiger partial charge in [0.25, 0.3) is 10.0 Å². The Kier molecular flexibility index (Phi) is 6.16. The largest absolute Gasteiger partial charge is 0.506 e. The topological polar surface area (TPSA) is 79.3 Å². The highest BCUT2D eigenvalue weighted by Gasteiger charge is 2.18. The number of nitrogens with one attached hydrogen (secondary N) is 1. The van der Waals surface area contributed by atoms with Gasteiger partial charge < -0.3 is 5.11 Å². The monoisotopic (exact) mass is 444 g/mol. The Hall–Kier alpha value is -2.55. The van der Waals surface area contributed by atoms with Gasteiger partial charge in [0.2, 0.25) is 0 Å². The first-order chi connectivity index (χ1) is 13.7. The van der Waals surface area contributed by atoms with E-state index in [4.69, 9.17) is 0 Å². The smallest absolute Gasteiger partial charge is 0.257 e. The Morgan fingerprint density at radius 2 is 2.00 bits per heavy atom. The van der Waals surface area contributed by atoms with Crippen LogP contribution >= 0.6 is 23.1 Å². The molecule has 0 saturated carbocycles. The summed E-state index contributed by atoms with van der Waals surface area (Å²) in [5, 5.41) is 12.7. The maximum absolute atomic E-state index is 12.3. The van der Waals surface area contributed by atoms with Crippen molar-refractivity contribution in [2.75, 3.05) is 4.72 Å². The lowest BCUT2D eigenvalue weighted by atomic mass is 10.1. The molecule has 0 fully saturated rings. The zero-order valence-corrected chi connectivity index (χ0v) is 18.4. The van der Waals surface area contributed by atoms with Crippen molar-refractivity contribution in [2.24, 2.45) is 0 Å². The number of anilines is 1. The van der Waals surface area contributed by atoms with Crippen LogP contribution in [0, 0.1) is 0 Å². The van der Waals surface area contributed by atoms with E-state index in [1.165, 1.54) is 30.0 Å². The van der Waals surface area contributed by atoms with Crippen LogP contribution in [0.4, 0.5) is 5.69 Å². The van der Waals surface area contributed by atoms with Crippen LogP contribution in [0.25, 0.3) is 23.4 Å². The van der Waals surface area contributed by atoms with Gasteiger partial charge in [-0.1, -0.05) is 61.3 Å². The first-order valence-corrected chi connectivity index (χ1v) is 11.7. The molecule has 2 aromatic carbocycles. The quantitative estimate of drug-likeness (QED) is 0.557. The summed E-state index contributed by atoms with van der Waals surface area (Å²) in [6, 6.07) is 8.68. The molecule has 1 aromatic heterocycles. The van der Waals surface area contributed by atoms with Gasteiger partial charge in [-0.15, -0.1) is 11.3 Å². The summed E-state index contributed by atoms with van der Waals surface area (Å²) in [6.45, 7) is 10.9. The highest BCUT2D eigenvalue weighted by atomic mass is 32.2. The molecule has 29 heavy (non-hydrogen) atoms. The first-order valence-electron chi connectivity index (χ1n) is 8.62. The number of nitrogens with zero attached hydrogens (tertiary/aromatic N) is 1. The second-order valence-electron chi connectivity index (χ2n) is 6.21. The number of hydrogen-bond acceptors (Lipinski definition) is 6. The fourth-order valence-electron chi connectivity index (χ4n) is 2.53. The van der Waals surface area contributed by atoms with Crippen molar-refractivity contribution >= 4 is 62.2 Å². The van der Waals surface area contributed by atoms with Gasteiger partial charge in [-0.3, -0.25) is 4.72 Å². The van der Waals surface area contributed by atoms with E-state index in [0.29, 0.717) is 25.7 Å². The van der Waals surface area contributed by atoms with E-state index in [-0.39, 0.29) is 10.7 Å². The molecule has 0 unspecified atom stereocenters. The number of aromatic nitrogens is 1. The van der Waals surface area contributed by atoms with E-state index in [2.05, 4.69) is 22.9 Å². The number of thiazole rings is 1. The van der Waals surface area contributed by atoms with Gasteiger partial charge in [-0.25, -0.2) is 13.4 Å². The number of hydrogen-bond donors (Lipinski definition) is 2. The molecular formula is C21H20N2O3S3. The number of allylic oxidation sites excluding steroid dienone is 3. The average molecular weight is 445 g/mol. The summed E-state index contributed by atoms with van der Waals surface area (Å²) >= 11 is 2.67. The molecule has 0 saturated heterocycles. The van der Waals surface area contributed by atoms with Crippen LogP contribution in [-0.2, 0) is 10.0 Å². The maximum Gasteiger partial charge on any atom is 0.257 e. The third-order valence-corrected chi connectivity index (χ3v) is 7.46. The van der Waals surface area contributed by atoms with Gasteiger partial charge >= 0.3 is 0 Å². The summed E-state index contributed by atoms with van der Waals surface area (Å²) in [5.74, 6) is 0.0728. The zero-order valence-electron chi connectivity index (χ0n) is 16.0. The third kappa shape index (κ3) is 4.55. The van der Waals surface area contributed by atoms with E-state index in [1.54, 1.807) is 30.3 Å². The minimum absolute atomic E-state index is 0.00893. The van der Waals surface area contributed by atoms with Crippen LogP contribution in [0.3, 0.4) is 0 Å². The van der Waals surface area contributed by atoms with Crippen LogP contribution in [-0.4, -0.2) is 18.5 Å². The molecule has 2 N–H and O–H groups in total. The Morgan fingerprint density at radius 1 is 1.31 bits per heavy atom. The molecule has 0 atom stereocenters. The molecule has 8 heteroatoms. The van der Waals surface area contributed by atoms with Gasteiger partial charge in [0.1, 0.15) is 5.75 Å². The van der Waals surface area contributed by atoms with Gasteiger partial charge in [-0.05, 0) is 26.0 Å². The van der Waals surface area contributed by atoms with Crippen LogP contribution in [0.2, 0.25) is 0 Å². The third-order valence-electron chi connectivity index (χ3n) is 4.04. The van der Waals surface area contributed by atoms with E-state index in [0.717, 1.165) is 9.88 Å². The van der Waals surface area contributed by atoms with Gasteiger partial charge in [0, 0.05) is 15.3 Å². The summed E-state index contributed by atoms with van der Waals surface area (Å²) in [7, 11) is -3.73. The molecule has 0 spiro atoms. The molecule has 0 aliphatic carbocycles. The molecule has 1 heterocycles. The molecule has 0 aliphatic heterocycles. The van der Waals surface area contributed by atoms with Crippen LogP contribution in [0.1, 0.15) is 13.8 Å². The van der Waals surface area contributed by atoms with Crippen molar-refractivity contribution in [3.8, 4) is 5.75 Å². The fraction of sp³-hybridized carbons (Fsp3) is 0.0952. The molecule has 3 rings (SSSR count). The Bertz CT molecular complexity index is 1340. The van der Waals surface area contributed by atoms with Crippen molar-refractivity contribution in [1.82, 2.24) is 4.98 Å². The van der Waals surface area contributed by atoms with Crippen molar-refractivity contribution in [3.63, 3.8) is 0 Å². The van der Waals surface area contributed by atoms with E-state index < -0.39 is 10.0 Å². The summed E-state index contributed by atoms with van der Waals surface area (Å²) < 4.78 is 28.7. The number of rotatable bonds is 6. The molecule has 0 bridgehead atoms. The number of phenols is 1. The zero-order chi connectivity index (χ0) is 21.2. The summed E-state index contributed by atoms with van der Waals surface area (Å²) in [5.41, 5.74) is 0.371. The SMILES string of the molecule is C=C(C)S(=O)(=O)Nc1cc(Sc2n/c(=C/C=C\C)c(=C)s2)c(O)c2ccccc12. The van der Waals surface area contributed by atoms with Crippen molar-refractivity contribution in [3.05, 3.63) is 63.8 Å².